The topological polar surface area (TPSA) is 55.0 Å². The summed E-state index contributed by atoms with van der Waals surface area (Å²) in [6.45, 7) is 6.96. The highest BCUT2D eigenvalue weighted by atomic mass is 16.5. The number of carbonyl (C=O) groups excluding carboxylic acids is 1. The summed E-state index contributed by atoms with van der Waals surface area (Å²) in [5.41, 5.74) is 4.34. The van der Waals surface area contributed by atoms with Gasteiger partial charge in [0.1, 0.15) is 12.4 Å². The minimum absolute atomic E-state index is 0.0939. The van der Waals surface area contributed by atoms with Crippen LogP contribution in [0.25, 0.3) is 11.3 Å². The van der Waals surface area contributed by atoms with Gasteiger partial charge in [0.2, 0.25) is 0 Å². The molecule has 0 atom stereocenters. The van der Waals surface area contributed by atoms with Gasteiger partial charge in [0.05, 0.1) is 17.5 Å². The Labute approximate surface area is 147 Å². The molecule has 1 aromatic heterocycles. The molecular weight excluding hydrogens is 312 g/mol. The Balaban J connectivity index is 1.95. The van der Waals surface area contributed by atoms with Crippen LogP contribution in [0.5, 0.6) is 5.75 Å². The first kappa shape index (κ1) is 17.0. The number of benzene rings is 2. The summed E-state index contributed by atoms with van der Waals surface area (Å²) in [6, 6.07) is 16.1. The van der Waals surface area contributed by atoms with E-state index in [9.17, 15) is 4.79 Å². The van der Waals surface area contributed by atoms with Crippen molar-refractivity contribution in [3.05, 3.63) is 71.4 Å². The van der Waals surface area contributed by atoms with E-state index in [0.717, 1.165) is 34.4 Å². The number of carbonyl (C=O) groups is 1. The van der Waals surface area contributed by atoms with Gasteiger partial charge in [-0.05, 0) is 29.2 Å². The summed E-state index contributed by atoms with van der Waals surface area (Å²) in [5.74, 6) is 0.854. The molecule has 2 aromatic carbocycles. The SMILES string of the molecule is CC(C)(C)c1cc(-c2[nH]ncc2C=O)ccc1OCc1ccccc1. The summed E-state index contributed by atoms with van der Waals surface area (Å²) >= 11 is 0. The van der Waals surface area contributed by atoms with Crippen LogP contribution in [0.15, 0.2) is 54.7 Å². The van der Waals surface area contributed by atoms with E-state index in [1.165, 1.54) is 0 Å². The molecule has 0 fully saturated rings. The number of rotatable bonds is 5. The Morgan fingerprint density at radius 2 is 1.88 bits per heavy atom. The van der Waals surface area contributed by atoms with E-state index < -0.39 is 0 Å². The van der Waals surface area contributed by atoms with Crippen LogP contribution in [-0.4, -0.2) is 16.5 Å². The van der Waals surface area contributed by atoms with Gasteiger partial charge < -0.3 is 4.74 Å². The van der Waals surface area contributed by atoms with Crippen molar-refractivity contribution in [1.82, 2.24) is 10.2 Å². The standard InChI is InChI=1S/C21H22N2O2/c1-21(2,3)18-11-16(20-17(13-24)12-22-23-20)9-10-19(18)25-14-15-7-5-4-6-8-15/h4-13H,14H2,1-3H3,(H,22,23). The zero-order valence-corrected chi connectivity index (χ0v) is 14.7. The number of nitrogens with zero attached hydrogens (tertiary/aromatic N) is 1. The summed E-state index contributed by atoms with van der Waals surface area (Å²) in [6.07, 6.45) is 2.36. The molecule has 0 aliphatic heterocycles. The molecule has 3 aromatic rings. The quantitative estimate of drug-likeness (QED) is 0.684. The van der Waals surface area contributed by atoms with Crippen LogP contribution in [0.4, 0.5) is 0 Å². The highest BCUT2D eigenvalue weighted by molar-refractivity contribution is 5.85. The van der Waals surface area contributed by atoms with E-state index in [1.807, 2.05) is 42.5 Å². The van der Waals surface area contributed by atoms with Gasteiger partial charge in [-0.3, -0.25) is 9.89 Å². The molecule has 0 unspecified atom stereocenters. The van der Waals surface area contributed by atoms with Crippen molar-refractivity contribution in [2.45, 2.75) is 32.8 Å². The fourth-order valence-corrected chi connectivity index (χ4v) is 2.75. The first-order chi connectivity index (χ1) is 12.0. The number of hydrogen-bond acceptors (Lipinski definition) is 3. The van der Waals surface area contributed by atoms with Gasteiger partial charge in [-0.1, -0.05) is 51.1 Å². The number of aromatic nitrogens is 2. The zero-order chi connectivity index (χ0) is 17.9. The van der Waals surface area contributed by atoms with Crippen molar-refractivity contribution in [2.75, 3.05) is 0 Å². The second kappa shape index (κ2) is 6.93. The normalized spacial score (nSPS) is 11.3. The first-order valence-corrected chi connectivity index (χ1v) is 8.29. The molecule has 0 aliphatic carbocycles. The van der Waals surface area contributed by atoms with Crippen LogP contribution in [-0.2, 0) is 12.0 Å². The Morgan fingerprint density at radius 1 is 1.12 bits per heavy atom. The molecule has 128 valence electrons. The maximum absolute atomic E-state index is 11.2. The lowest BCUT2D eigenvalue weighted by molar-refractivity contribution is 0.112. The molecule has 0 spiro atoms. The molecule has 1 heterocycles. The molecule has 0 radical (unpaired) electrons. The second-order valence-corrected chi connectivity index (χ2v) is 7.05. The fraction of sp³-hybridized carbons (Fsp3) is 0.238. The molecule has 0 amide bonds. The van der Waals surface area contributed by atoms with Crippen molar-refractivity contribution >= 4 is 6.29 Å². The van der Waals surface area contributed by atoms with Crippen LogP contribution in [0.3, 0.4) is 0 Å². The third kappa shape index (κ3) is 3.79. The van der Waals surface area contributed by atoms with Gasteiger partial charge in [0.25, 0.3) is 0 Å². The van der Waals surface area contributed by atoms with Gasteiger partial charge in [-0.25, -0.2) is 0 Å². The van der Waals surface area contributed by atoms with E-state index in [0.29, 0.717) is 12.2 Å². The maximum Gasteiger partial charge on any atom is 0.153 e. The van der Waals surface area contributed by atoms with E-state index in [4.69, 9.17) is 4.74 Å². The Bertz CT molecular complexity index is 861. The molecule has 0 saturated heterocycles. The molecule has 0 saturated carbocycles. The van der Waals surface area contributed by atoms with E-state index in [2.05, 4.69) is 37.0 Å². The fourth-order valence-electron chi connectivity index (χ4n) is 2.75. The molecule has 0 bridgehead atoms. The highest BCUT2D eigenvalue weighted by Gasteiger charge is 2.21. The van der Waals surface area contributed by atoms with Crippen LogP contribution in [0, 0.1) is 0 Å². The van der Waals surface area contributed by atoms with Crippen molar-refractivity contribution in [1.29, 1.82) is 0 Å². The first-order valence-electron chi connectivity index (χ1n) is 8.29. The molecule has 1 N–H and O–H groups in total. The van der Waals surface area contributed by atoms with Crippen molar-refractivity contribution in [2.24, 2.45) is 0 Å². The van der Waals surface area contributed by atoms with Gasteiger partial charge >= 0.3 is 0 Å². The summed E-state index contributed by atoms with van der Waals surface area (Å²) in [5, 5.41) is 6.88. The number of aldehydes is 1. The van der Waals surface area contributed by atoms with E-state index in [1.54, 1.807) is 6.20 Å². The second-order valence-electron chi connectivity index (χ2n) is 7.05. The molecular formula is C21H22N2O2. The monoisotopic (exact) mass is 334 g/mol. The largest absolute Gasteiger partial charge is 0.489 e. The number of hydrogen-bond donors (Lipinski definition) is 1. The number of H-pyrrole nitrogens is 1. The van der Waals surface area contributed by atoms with Gasteiger partial charge in [-0.15, -0.1) is 0 Å². The number of ether oxygens (including phenoxy) is 1. The van der Waals surface area contributed by atoms with Gasteiger partial charge in [0, 0.05) is 11.1 Å². The maximum atomic E-state index is 11.2. The predicted octanol–water partition coefficient (Wildman–Crippen LogP) is 4.77. The number of nitrogens with one attached hydrogen (secondary N) is 1. The lowest BCUT2D eigenvalue weighted by atomic mass is 9.85. The lowest BCUT2D eigenvalue weighted by Gasteiger charge is -2.24. The summed E-state index contributed by atoms with van der Waals surface area (Å²) in [4.78, 5) is 11.2. The minimum Gasteiger partial charge on any atom is -0.489 e. The third-order valence-electron chi connectivity index (χ3n) is 4.11. The van der Waals surface area contributed by atoms with Gasteiger partial charge in [-0.2, -0.15) is 5.10 Å². The van der Waals surface area contributed by atoms with Crippen molar-refractivity contribution < 1.29 is 9.53 Å². The highest BCUT2D eigenvalue weighted by Crippen LogP contribution is 2.35. The van der Waals surface area contributed by atoms with Crippen LogP contribution >= 0.6 is 0 Å². The van der Waals surface area contributed by atoms with Crippen LogP contribution in [0.1, 0.15) is 42.3 Å². The molecule has 0 aliphatic rings. The van der Waals surface area contributed by atoms with E-state index >= 15 is 0 Å². The Hall–Kier alpha value is -2.88. The molecule has 4 nitrogen and oxygen atoms in total. The Morgan fingerprint density at radius 3 is 2.56 bits per heavy atom. The average molecular weight is 334 g/mol. The van der Waals surface area contributed by atoms with Gasteiger partial charge in [0.15, 0.2) is 6.29 Å². The third-order valence-corrected chi connectivity index (χ3v) is 4.11. The van der Waals surface area contributed by atoms with Crippen molar-refractivity contribution in [3.63, 3.8) is 0 Å². The smallest absolute Gasteiger partial charge is 0.153 e. The zero-order valence-electron chi connectivity index (χ0n) is 14.7. The summed E-state index contributed by atoms with van der Waals surface area (Å²) < 4.78 is 6.08. The van der Waals surface area contributed by atoms with Crippen LogP contribution < -0.4 is 4.74 Å². The average Bonchev–Trinajstić information content (AvgIpc) is 3.08. The molecule has 3 rings (SSSR count). The Kier molecular flexibility index (Phi) is 4.70. The molecule has 25 heavy (non-hydrogen) atoms. The van der Waals surface area contributed by atoms with Crippen LogP contribution in [0.2, 0.25) is 0 Å². The predicted molar refractivity (Wildman–Crippen MR) is 98.9 cm³/mol. The number of aromatic amines is 1. The summed E-state index contributed by atoms with van der Waals surface area (Å²) in [7, 11) is 0. The minimum atomic E-state index is -0.0939. The molecule has 4 heteroatoms. The lowest BCUT2D eigenvalue weighted by Crippen LogP contribution is -2.14. The van der Waals surface area contributed by atoms with Crippen molar-refractivity contribution in [3.8, 4) is 17.0 Å². The van der Waals surface area contributed by atoms with E-state index in [-0.39, 0.29) is 5.41 Å².